The molecule has 0 radical (unpaired) electrons. The summed E-state index contributed by atoms with van der Waals surface area (Å²) < 4.78 is 50.0. The number of hydrogen-bond donors (Lipinski definition) is 0. The van der Waals surface area contributed by atoms with E-state index < -0.39 is 24.5 Å². The molecule has 1 aliphatic heterocycles. The van der Waals surface area contributed by atoms with Crippen molar-refractivity contribution in [1.82, 2.24) is 19.6 Å². The van der Waals surface area contributed by atoms with Crippen LogP contribution in [0.5, 0.6) is 5.75 Å². The van der Waals surface area contributed by atoms with Crippen LogP contribution in [-0.2, 0) is 23.8 Å². The van der Waals surface area contributed by atoms with Gasteiger partial charge in [-0.15, -0.1) is 0 Å². The standard InChI is InChI=1S/C30H48N4O6SSi/c1-22(14-17-37-18-15-23(2)39-41(6,35)36)33-21-24(20-31-33)29-26-19-25(40-42(7,8)30(3,4)5)12-13-27(26)34(32-29)28-11-9-10-16-38-28/h12-13,19-23,28H,9-11,14-18H2,1-8H3/t22-,23+,28?/m0/s1. The first-order chi connectivity index (χ1) is 19.6. The van der Waals surface area contributed by atoms with Crippen molar-refractivity contribution in [1.29, 1.82) is 0 Å². The molecule has 3 atom stereocenters. The fraction of sp³-hybridized carbons (Fsp3) is 0.667. The Morgan fingerprint density at radius 1 is 1.14 bits per heavy atom. The maximum absolute atomic E-state index is 11.3. The highest BCUT2D eigenvalue weighted by molar-refractivity contribution is 7.86. The molecular weight excluding hydrogens is 573 g/mol. The minimum absolute atomic E-state index is 0.0844. The maximum Gasteiger partial charge on any atom is 0.264 e. The molecule has 1 saturated heterocycles. The van der Waals surface area contributed by atoms with Crippen LogP contribution in [0.3, 0.4) is 0 Å². The van der Waals surface area contributed by atoms with E-state index in [1.807, 2.05) is 21.8 Å². The van der Waals surface area contributed by atoms with Gasteiger partial charge in [-0.25, -0.2) is 4.68 Å². The van der Waals surface area contributed by atoms with Gasteiger partial charge in [-0.2, -0.15) is 18.6 Å². The van der Waals surface area contributed by atoms with Crippen molar-refractivity contribution in [3.05, 3.63) is 30.6 Å². The minimum atomic E-state index is -3.46. The lowest BCUT2D eigenvalue weighted by atomic mass is 10.1. The molecule has 0 amide bonds. The van der Waals surface area contributed by atoms with E-state index in [0.717, 1.165) is 66.5 Å². The average molecular weight is 621 g/mol. The Kier molecular flexibility index (Phi) is 10.2. The van der Waals surface area contributed by atoms with E-state index in [1.165, 1.54) is 0 Å². The van der Waals surface area contributed by atoms with Gasteiger partial charge in [-0.1, -0.05) is 20.8 Å². The molecule has 0 aliphatic carbocycles. The summed E-state index contributed by atoms with van der Waals surface area (Å²) in [6, 6.07) is 6.41. The van der Waals surface area contributed by atoms with Crippen LogP contribution in [0.25, 0.3) is 22.2 Å². The summed E-state index contributed by atoms with van der Waals surface area (Å²) in [5.74, 6) is 0.869. The molecule has 1 fully saturated rings. The molecule has 12 heteroatoms. The summed E-state index contributed by atoms with van der Waals surface area (Å²) in [5.41, 5.74) is 2.84. The first kappa shape index (κ1) is 32.7. The molecule has 4 rings (SSSR count). The normalized spacial score (nSPS) is 18.3. The van der Waals surface area contributed by atoms with Crippen LogP contribution in [0.2, 0.25) is 18.1 Å². The van der Waals surface area contributed by atoms with Gasteiger partial charge in [-0.3, -0.25) is 8.86 Å². The second kappa shape index (κ2) is 13.2. The van der Waals surface area contributed by atoms with Crippen molar-refractivity contribution in [3.8, 4) is 17.0 Å². The summed E-state index contributed by atoms with van der Waals surface area (Å²) in [7, 11) is -5.47. The van der Waals surface area contributed by atoms with Crippen LogP contribution in [0.4, 0.5) is 0 Å². The molecule has 42 heavy (non-hydrogen) atoms. The number of benzene rings is 1. The Bertz CT molecular complexity index is 1440. The molecule has 3 heterocycles. The van der Waals surface area contributed by atoms with Gasteiger partial charge in [0, 0.05) is 37.0 Å². The van der Waals surface area contributed by atoms with E-state index in [-0.39, 0.29) is 17.3 Å². The average Bonchev–Trinajstić information content (AvgIpc) is 3.52. The van der Waals surface area contributed by atoms with Gasteiger partial charge in [0.2, 0.25) is 8.32 Å². The third-order valence-electron chi connectivity index (χ3n) is 8.30. The summed E-state index contributed by atoms with van der Waals surface area (Å²) in [4.78, 5) is 0. The third kappa shape index (κ3) is 8.22. The maximum atomic E-state index is 11.3. The number of hydrogen-bond acceptors (Lipinski definition) is 8. The Hall–Kier alpha value is -2.25. The van der Waals surface area contributed by atoms with Gasteiger partial charge >= 0.3 is 0 Å². The molecule has 3 aromatic rings. The number of fused-ring (bicyclic) bond motifs is 1. The van der Waals surface area contributed by atoms with E-state index in [1.54, 1.807) is 6.92 Å². The summed E-state index contributed by atoms with van der Waals surface area (Å²) in [6.07, 6.45) is 8.89. The topological polar surface area (TPSA) is 107 Å². The SMILES string of the molecule is C[C@H](CCOCC[C@H](C)n1cc(-c2nn(C3CCCCO3)c3ccc(O[Si](C)(C)C(C)(C)C)cc23)cn1)OS(C)(=O)=O. The highest BCUT2D eigenvalue weighted by Crippen LogP contribution is 2.40. The second-order valence-electron chi connectivity index (χ2n) is 13.0. The molecule has 1 unspecified atom stereocenters. The number of rotatable bonds is 13. The van der Waals surface area contributed by atoms with Crippen LogP contribution in [0, 0.1) is 0 Å². The van der Waals surface area contributed by atoms with E-state index in [9.17, 15) is 8.42 Å². The largest absolute Gasteiger partial charge is 0.543 e. The van der Waals surface area contributed by atoms with Crippen LogP contribution in [0.15, 0.2) is 30.6 Å². The predicted molar refractivity (Wildman–Crippen MR) is 168 cm³/mol. The molecule has 10 nitrogen and oxygen atoms in total. The summed E-state index contributed by atoms with van der Waals surface area (Å²) in [5, 5.41) is 10.9. The monoisotopic (exact) mass is 620 g/mol. The fourth-order valence-electron chi connectivity index (χ4n) is 4.77. The zero-order valence-electron chi connectivity index (χ0n) is 26.4. The van der Waals surface area contributed by atoms with Crippen molar-refractivity contribution in [2.45, 2.75) is 103 Å². The Balaban J connectivity index is 1.51. The third-order valence-corrected chi connectivity index (χ3v) is 13.3. The quantitative estimate of drug-likeness (QED) is 0.118. The number of nitrogens with zero attached hydrogens (tertiary/aromatic N) is 4. The van der Waals surface area contributed by atoms with Gasteiger partial charge in [-0.05, 0) is 82.3 Å². The summed E-state index contributed by atoms with van der Waals surface area (Å²) >= 11 is 0. The van der Waals surface area contributed by atoms with Crippen LogP contribution in [-0.4, -0.2) is 68.5 Å². The smallest absolute Gasteiger partial charge is 0.264 e. The van der Waals surface area contributed by atoms with Crippen LogP contribution < -0.4 is 4.43 Å². The molecule has 2 aromatic heterocycles. The first-order valence-electron chi connectivity index (χ1n) is 15.0. The molecule has 0 N–H and O–H groups in total. The van der Waals surface area contributed by atoms with Gasteiger partial charge in [0.05, 0.1) is 30.1 Å². The minimum Gasteiger partial charge on any atom is -0.543 e. The lowest BCUT2D eigenvalue weighted by Crippen LogP contribution is -2.43. The van der Waals surface area contributed by atoms with E-state index >= 15 is 0 Å². The van der Waals surface area contributed by atoms with E-state index in [4.69, 9.17) is 23.2 Å². The fourth-order valence-corrected chi connectivity index (χ4v) is 6.48. The number of ether oxygens (including phenoxy) is 2. The molecule has 234 valence electrons. The molecule has 0 spiro atoms. The molecule has 1 aromatic carbocycles. The molecule has 0 bridgehead atoms. The second-order valence-corrected chi connectivity index (χ2v) is 19.3. The summed E-state index contributed by atoms with van der Waals surface area (Å²) in [6.45, 7) is 16.8. The Labute approximate surface area is 251 Å². The van der Waals surface area contributed by atoms with E-state index in [0.29, 0.717) is 19.6 Å². The van der Waals surface area contributed by atoms with Crippen molar-refractivity contribution in [2.75, 3.05) is 26.1 Å². The van der Waals surface area contributed by atoms with Crippen molar-refractivity contribution in [3.63, 3.8) is 0 Å². The van der Waals surface area contributed by atoms with Gasteiger partial charge < -0.3 is 13.9 Å². The highest BCUT2D eigenvalue weighted by Gasteiger charge is 2.39. The first-order valence-corrected chi connectivity index (χ1v) is 19.7. The Morgan fingerprint density at radius 2 is 1.88 bits per heavy atom. The zero-order chi connectivity index (χ0) is 30.7. The van der Waals surface area contributed by atoms with Crippen molar-refractivity contribution in [2.24, 2.45) is 0 Å². The molecule has 0 saturated carbocycles. The zero-order valence-corrected chi connectivity index (χ0v) is 28.2. The van der Waals surface area contributed by atoms with E-state index in [2.05, 4.69) is 64.1 Å². The van der Waals surface area contributed by atoms with Gasteiger partial charge in [0.25, 0.3) is 10.1 Å². The lowest BCUT2D eigenvalue weighted by Gasteiger charge is -2.36. The lowest BCUT2D eigenvalue weighted by molar-refractivity contribution is -0.0365. The van der Waals surface area contributed by atoms with Crippen molar-refractivity contribution < 1.29 is 26.5 Å². The van der Waals surface area contributed by atoms with Gasteiger partial charge in [0.1, 0.15) is 11.4 Å². The Morgan fingerprint density at radius 3 is 2.55 bits per heavy atom. The van der Waals surface area contributed by atoms with Crippen LogP contribution >= 0.6 is 0 Å². The van der Waals surface area contributed by atoms with Gasteiger partial charge in [0.15, 0.2) is 6.23 Å². The highest BCUT2D eigenvalue weighted by atomic mass is 32.2. The van der Waals surface area contributed by atoms with Crippen molar-refractivity contribution >= 4 is 29.3 Å². The van der Waals surface area contributed by atoms with Crippen LogP contribution in [0.1, 0.15) is 79.0 Å². The predicted octanol–water partition coefficient (Wildman–Crippen LogP) is 6.71. The molecule has 1 aliphatic rings. The molecular formula is C30H48N4O6SSi. The number of aromatic nitrogens is 4.